The molecule has 0 aromatic heterocycles. The first kappa shape index (κ1) is 35.8. The Balaban J connectivity index is 0.00000408. The molecule has 0 bridgehead atoms. The molecule has 0 amide bonds. The van der Waals surface area contributed by atoms with Gasteiger partial charge in [0.15, 0.2) is 0 Å². The summed E-state index contributed by atoms with van der Waals surface area (Å²) >= 11 is 0. The summed E-state index contributed by atoms with van der Waals surface area (Å²) in [6.07, 6.45) is 6.97. The van der Waals surface area contributed by atoms with Crippen molar-refractivity contribution >= 4 is 31.8 Å². The first-order valence-corrected chi connectivity index (χ1v) is 12.5. The zero-order valence-electron chi connectivity index (χ0n) is 24.4. The van der Waals surface area contributed by atoms with Crippen molar-refractivity contribution in [2.24, 2.45) is 0 Å². The van der Waals surface area contributed by atoms with Gasteiger partial charge in [-0.05, 0) is 60.6 Å². The second-order valence-corrected chi connectivity index (χ2v) is 14.0. The molecule has 0 saturated carbocycles. The van der Waals surface area contributed by atoms with Crippen molar-refractivity contribution in [3.8, 4) is 0 Å². The normalized spacial score (nSPS) is 14.5. The average Bonchev–Trinajstić information content (AvgIpc) is 3.15. The summed E-state index contributed by atoms with van der Waals surface area (Å²) in [6, 6.07) is 14.4. The van der Waals surface area contributed by atoms with Crippen LogP contribution in [-0.4, -0.2) is 26.2 Å². The quantitative estimate of drug-likeness (QED) is 0.410. The molecule has 0 spiro atoms. The molecule has 196 valence electrons. The molecule has 4 radical (unpaired) electrons. The van der Waals surface area contributed by atoms with Gasteiger partial charge < -0.3 is 34.0 Å². The molecular weight excluding hydrogens is 765 g/mol. The van der Waals surface area contributed by atoms with Crippen LogP contribution in [0.4, 0.5) is 0 Å². The number of halogens is 2. The summed E-state index contributed by atoms with van der Waals surface area (Å²) in [4.78, 5) is 0. The first-order chi connectivity index (χ1) is 14.9. The Morgan fingerprint density at radius 1 is 0.417 bits per heavy atom. The molecule has 1 aliphatic rings. The number of hydrogen-bond acceptors (Lipinski definition) is 0. The van der Waals surface area contributed by atoms with Crippen molar-refractivity contribution in [1.82, 2.24) is 0 Å². The van der Waals surface area contributed by atoms with Gasteiger partial charge in [-0.3, -0.25) is 0 Å². The van der Waals surface area contributed by atoms with Gasteiger partial charge in [-0.2, -0.15) is 0 Å². The van der Waals surface area contributed by atoms with E-state index in [9.17, 15) is 0 Å². The molecule has 0 saturated heterocycles. The van der Waals surface area contributed by atoms with E-state index in [4.69, 9.17) is 0 Å². The predicted octanol–water partition coefficient (Wildman–Crippen LogP) is 3.08. The van der Waals surface area contributed by atoms with Crippen LogP contribution in [0, 0.1) is 5.92 Å². The molecule has 0 heterocycles. The van der Waals surface area contributed by atoms with Gasteiger partial charge in [0.1, 0.15) is 0 Å². The van der Waals surface area contributed by atoms with Crippen LogP contribution in [0.2, 0.25) is 0 Å². The predicted molar refractivity (Wildman–Crippen MR) is 153 cm³/mol. The van der Waals surface area contributed by atoms with E-state index in [1.165, 1.54) is 44.9 Å². The van der Waals surface area contributed by atoms with Crippen molar-refractivity contribution in [2.45, 2.75) is 105 Å². The zero-order chi connectivity index (χ0) is 25.0. The van der Waals surface area contributed by atoms with Crippen LogP contribution >= 0.6 is 0 Å². The van der Waals surface area contributed by atoms with Gasteiger partial charge in [-0.1, -0.05) is 138 Å². The van der Waals surface area contributed by atoms with Gasteiger partial charge in [0.2, 0.25) is 0 Å². The molecule has 0 N–H and O–H groups in total. The number of allylic oxidation sites excluding steroid dienone is 4. The SMILES string of the molecule is CC(C)(C)c1cc([C]2C=CC(c3cc(C(C)(C)C)cc(C(C)(C)C)c3)=C2)cc(C(C)(C)C)c1.[Bi+2].[Br-].[Br-]. The number of benzene rings is 2. The largest absolute Gasteiger partial charge is 2.00 e. The van der Waals surface area contributed by atoms with Crippen LogP contribution in [0.25, 0.3) is 5.57 Å². The fourth-order valence-corrected chi connectivity index (χ4v) is 4.12. The molecule has 0 aliphatic heterocycles. The Kier molecular flexibility index (Phi) is 12.2. The topological polar surface area (TPSA) is 0 Å². The van der Waals surface area contributed by atoms with E-state index in [1.54, 1.807) is 0 Å². The van der Waals surface area contributed by atoms with E-state index < -0.39 is 0 Å². The summed E-state index contributed by atoms with van der Waals surface area (Å²) in [5.41, 5.74) is 10.0. The Morgan fingerprint density at radius 2 is 0.722 bits per heavy atom. The van der Waals surface area contributed by atoms with Crippen molar-refractivity contribution in [2.75, 3.05) is 0 Å². The van der Waals surface area contributed by atoms with Gasteiger partial charge >= 0.3 is 26.2 Å². The fraction of sp³-hybridized carbons (Fsp3) is 0.485. The molecule has 2 aromatic carbocycles. The molecule has 2 aromatic rings. The molecule has 1 aliphatic carbocycles. The number of rotatable bonds is 2. The zero-order valence-corrected chi connectivity index (χ0v) is 31.0. The third-order valence-corrected chi connectivity index (χ3v) is 6.75. The summed E-state index contributed by atoms with van der Waals surface area (Å²) in [5, 5.41) is 0. The minimum atomic E-state index is 0. The maximum absolute atomic E-state index is 2.40. The van der Waals surface area contributed by atoms with E-state index in [0.717, 1.165) is 0 Å². The van der Waals surface area contributed by atoms with Crippen LogP contribution in [-0.2, 0) is 21.7 Å². The van der Waals surface area contributed by atoms with Gasteiger partial charge in [0, 0.05) is 5.92 Å². The molecule has 0 unspecified atom stereocenters. The summed E-state index contributed by atoms with van der Waals surface area (Å²) in [6.45, 7) is 27.7. The molecule has 0 nitrogen and oxygen atoms in total. The van der Waals surface area contributed by atoms with E-state index in [1.807, 2.05) is 0 Å². The van der Waals surface area contributed by atoms with Crippen LogP contribution in [0.5, 0.6) is 0 Å². The Morgan fingerprint density at radius 3 is 1.03 bits per heavy atom. The second kappa shape index (κ2) is 12.3. The summed E-state index contributed by atoms with van der Waals surface area (Å²) < 4.78 is 0. The van der Waals surface area contributed by atoms with Crippen LogP contribution in [0.15, 0.2) is 54.6 Å². The summed E-state index contributed by atoms with van der Waals surface area (Å²) in [7, 11) is 0. The Hall–Kier alpha value is -0.237. The molecule has 36 heavy (non-hydrogen) atoms. The van der Waals surface area contributed by atoms with Crippen molar-refractivity contribution in [3.63, 3.8) is 0 Å². The smallest absolute Gasteiger partial charge is 1.00 e. The van der Waals surface area contributed by atoms with E-state index in [2.05, 4.69) is 138 Å². The Labute approximate surface area is 262 Å². The van der Waals surface area contributed by atoms with Crippen LogP contribution in [0.3, 0.4) is 0 Å². The third kappa shape index (κ3) is 8.64. The van der Waals surface area contributed by atoms with E-state index in [0.29, 0.717) is 0 Å². The first-order valence-electron chi connectivity index (χ1n) is 12.5. The molecule has 3 heteroatoms. The van der Waals surface area contributed by atoms with Gasteiger partial charge in [-0.25, -0.2) is 0 Å². The monoisotopic (exact) mass is 808 g/mol. The third-order valence-electron chi connectivity index (χ3n) is 6.75. The fourth-order valence-electron chi connectivity index (χ4n) is 4.12. The van der Waals surface area contributed by atoms with Crippen LogP contribution in [0.1, 0.15) is 116 Å². The molecular formula is C33H45BiBr2. The second-order valence-electron chi connectivity index (χ2n) is 14.0. The van der Waals surface area contributed by atoms with Crippen LogP contribution < -0.4 is 34.0 Å². The molecule has 0 fully saturated rings. The van der Waals surface area contributed by atoms with Gasteiger partial charge in [0.05, 0.1) is 0 Å². The number of hydrogen-bond donors (Lipinski definition) is 0. The van der Waals surface area contributed by atoms with E-state index >= 15 is 0 Å². The van der Waals surface area contributed by atoms with Gasteiger partial charge in [0.25, 0.3) is 0 Å². The van der Waals surface area contributed by atoms with Crippen molar-refractivity contribution in [3.05, 3.63) is 93.9 Å². The van der Waals surface area contributed by atoms with Crippen molar-refractivity contribution < 1.29 is 34.0 Å². The van der Waals surface area contributed by atoms with Crippen molar-refractivity contribution in [1.29, 1.82) is 0 Å². The van der Waals surface area contributed by atoms with Gasteiger partial charge in [-0.15, -0.1) is 0 Å². The molecule has 0 atom stereocenters. The van der Waals surface area contributed by atoms with E-state index in [-0.39, 0.29) is 81.8 Å². The Bertz CT molecular complexity index is 1030. The summed E-state index contributed by atoms with van der Waals surface area (Å²) in [5.74, 6) is 1.31. The average molecular weight is 811 g/mol. The standard InChI is InChI=1S/C33H45.Bi.2BrH/c1-30(2,3)26-16-24(17-27(20-26)31(4,5)6)22-13-14-23(15-22)25-18-28(32(7,8)9)21-29(19-25)33(10,11)12;;;/h13-21H,1-12H3;;2*1H/q;+2;;/p-2. The minimum absolute atomic E-state index is 0. The maximum Gasteiger partial charge on any atom is 2.00 e. The minimum Gasteiger partial charge on any atom is -1.00 e. The maximum atomic E-state index is 2.40. The molecule has 3 rings (SSSR count).